The summed E-state index contributed by atoms with van der Waals surface area (Å²) >= 11 is 0. The van der Waals surface area contributed by atoms with Crippen molar-refractivity contribution >= 4 is 17.1 Å². The van der Waals surface area contributed by atoms with Gasteiger partial charge in [-0.15, -0.1) is 0 Å². The van der Waals surface area contributed by atoms with E-state index in [0.717, 1.165) is 5.52 Å². The number of aromatic nitrogens is 2. The number of ether oxygens (including phenoxy) is 2. The molecule has 0 spiro atoms. The third-order valence-corrected chi connectivity index (χ3v) is 5.06. The molecular formula is C21H30N4O5. The van der Waals surface area contributed by atoms with Crippen LogP contribution < -0.4 is 15.6 Å². The molecule has 0 bridgehead atoms. The maximum absolute atomic E-state index is 12.4. The number of amides is 1. The van der Waals surface area contributed by atoms with Gasteiger partial charge in [-0.05, 0) is 33.3 Å². The molecule has 1 amide bonds. The number of fused-ring (bicyclic) bond motifs is 1. The van der Waals surface area contributed by atoms with Gasteiger partial charge in [-0.2, -0.15) is 0 Å². The second kappa shape index (κ2) is 9.01. The number of hydrogen-bond acceptors (Lipinski definition) is 7. The molecule has 0 aliphatic carbocycles. The molecule has 164 valence electrons. The number of aliphatic hydroxyl groups excluding tert-OH is 1. The molecule has 9 nitrogen and oxygen atoms in total. The Bertz CT molecular complexity index is 953. The zero-order valence-corrected chi connectivity index (χ0v) is 17.9. The van der Waals surface area contributed by atoms with Gasteiger partial charge in [-0.3, -0.25) is 14.7 Å². The molecule has 30 heavy (non-hydrogen) atoms. The van der Waals surface area contributed by atoms with Crippen molar-refractivity contribution in [2.75, 3.05) is 26.7 Å². The summed E-state index contributed by atoms with van der Waals surface area (Å²) in [5.74, 6) is 0.589. The average Bonchev–Trinajstić information content (AvgIpc) is 2.67. The number of hydrogen-bond donors (Lipinski definition) is 2. The second-order valence-electron chi connectivity index (χ2n) is 8.51. The zero-order valence-electron chi connectivity index (χ0n) is 17.9. The van der Waals surface area contributed by atoms with Gasteiger partial charge in [0.25, 0.3) is 5.56 Å². The number of rotatable bonds is 5. The summed E-state index contributed by atoms with van der Waals surface area (Å²) in [4.78, 5) is 30.8. The summed E-state index contributed by atoms with van der Waals surface area (Å²) in [7, 11) is 1.56. The van der Waals surface area contributed by atoms with Crippen LogP contribution in [0.5, 0.6) is 5.75 Å². The molecule has 2 atom stereocenters. The molecular weight excluding hydrogens is 388 g/mol. The Labute approximate surface area is 175 Å². The quantitative estimate of drug-likeness (QED) is 0.755. The maximum atomic E-state index is 12.4. The van der Waals surface area contributed by atoms with E-state index < -0.39 is 17.8 Å². The second-order valence-corrected chi connectivity index (χ2v) is 8.51. The summed E-state index contributed by atoms with van der Waals surface area (Å²) < 4.78 is 12.2. The van der Waals surface area contributed by atoms with Gasteiger partial charge in [-0.25, -0.2) is 4.79 Å². The molecule has 9 heteroatoms. The lowest BCUT2D eigenvalue weighted by Crippen LogP contribution is -2.55. The van der Waals surface area contributed by atoms with Crippen LogP contribution in [0, 0.1) is 0 Å². The first-order valence-electron chi connectivity index (χ1n) is 10.1. The van der Waals surface area contributed by atoms with E-state index in [9.17, 15) is 14.7 Å². The molecule has 3 rings (SSSR count). The van der Waals surface area contributed by atoms with E-state index in [2.05, 4.69) is 15.2 Å². The largest absolute Gasteiger partial charge is 0.495 e. The molecule has 1 saturated heterocycles. The lowest BCUT2D eigenvalue weighted by Gasteiger charge is -2.36. The van der Waals surface area contributed by atoms with Crippen LogP contribution in [0.1, 0.15) is 27.2 Å². The van der Waals surface area contributed by atoms with Gasteiger partial charge in [0.15, 0.2) is 0 Å². The van der Waals surface area contributed by atoms with E-state index in [1.807, 2.05) is 0 Å². The van der Waals surface area contributed by atoms with E-state index in [1.165, 1.54) is 6.07 Å². The van der Waals surface area contributed by atoms with Crippen molar-refractivity contribution < 1.29 is 19.4 Å². The van der Waals surface area contributed by atoms with Crippen LogP contribution in [0.2, 0.25) is 0 Å². The normalized spacial score (nSPS) is 20.2. The SMILES string of the molecule is COc1cnc2ccc(=O)n(CCN3CCC(NC(=O)OC(C)(C)C)C(O)C3)c2c1. The Kier molecular flexibility index (Phi) is 6.62. The number of alkyl carbamates (subject to hydrolysis) is 1. The minimum absolute atomic E-state index is 0.112. The fourth-order valence-electron chi connectivity index (χ4n) is 3.56. The van der Waals surface area contributed by atoms with Gasteiger partial charge in [0.2, 0.25) is 0 Å². The Hall–Kier alpha value is -2.65. The number of methoxy groups -OCH3 is 1. The number of nitrogens with one attached hydrogen (secondary N) is 1. The fourth-order valence-corrected chi connectivity index (χ4v) is 3.56. The van der Waals surface area contributed by atoms with E-state index in [0.29, 0.717) is 43.9 Å². The summed E-state index contributed by atoms with van der Waals surface area (Å²) in [5, 5.41) is 13.2. The number of aliphatic hydroxyl groups is 1. The molecule has 3 heterocycles. The molecule has 2 N–H and O–H groups in total. The van der Waals surface area contributed by atoms with Crippen molar-refractivity contribution in [3.63, 3.8) is 0 Å². The summed E-state index contributed by atoms with van der Waals surface area (Å²) in [6.45, 7) is 7.54. The highest BCUT2D eigenvalue weighted by Gasteiger charge is 2.30. The van der Waals surface area contributed by atoms with Gasteiger partial charge in [0.1, 0.15) is 11.4 Å². The van der Waals surface area contributed by atoms with Gasteiger partial charge in [-0.1, -0.05) is 0 Å². The Morgan fingerprint density at radius 2 is 2.10 bits per heavy atom. The topological polar surface area (TPSA) is 106 Å². The highest BCUT2D eigenvalue weighted by molar-refractivity contribution is 5.75. The lowest BCUT2D eigenvalue weighted by atomic mass is 10.0. The maximum Gasteiger partial charge on any atom is 0.407 e. The standard InChI is InChI=1S/C21H30N4O5/c1-21(2,3)30-20(28)23-16-7-8-24(13-18(16)26)9-10-25-17-11-14(29-4)12-22-15(17)5-6-19(25)27/h5-6,11-12,16,18,26H,7-10,13H2,1-4H3,(H,23,28). The fraction of sp³-hybridized carbons (Fsp3) is 0.571. The predicted molar refractivity (Wildman–Crippen MR) is 113 cm³/mol. The van der Waals surface area contributed by atoms with Gasteiger partial charge < -0.3 is 24.5 Å². The number of carbonyl (C=O) groups is 1. The number of pyridine rings is 2. The molecule has 2 aromatic heterocycles. The van der Waals surface area contributed by atoms with Crippen LogP contribution in [0.25, 0.3) is 11.0 Å². The van der Waals surface area contributed by atoms with Crippen LogP contribution in [0.15, 0.2) is 29.2 Å². The molecule has 1 aliphatic heterocycles. The highest BCUT2D eigenvalue weighted by atomic mass is 16.6. The molecule has 0 saturated carbocycles. The van der Waals surface area contributed by atoms with Crippen molar-refractivity contribution in [1.82, 2.24) is 19.8 Å². The van der Waals surface area contributed by atoms with Crippen LogP contribution in [-0.2, 0) is 11.3 Å². The van der Waals surface area contributed by atoms with E-state index in [4.69, 9.17) is 9.47 Å². The van der Waals surface area contributed by atoms with Gasteiger partial charge in [0, 0.05) is 38.3 Å². The minimum atomic E-state index is -0.711. The van der Waals surface area contributed by atoms with Crippen molar-refractivity contribution in [3.05, 3.63) is 34.7 Å². The molecule has 0 radical (unpaired) electrons. The monoisotopic (exact) mass is 418 g/mol. The Balaban J connectivity index is 1.61. The molecule has 2 unspecified atom stereocenters. The van der Waals surface area contributed by atoms with Crippen LogP contribution >= 0.6 is 0 Å². The number of piperidine rings is 1. The minimum Gasteiger partial charge on any atom is -0.495 e. The Morgan fingerprint density at radius 1 is 1.33 bits per heavy atom. The van der Waals surface area contributed by atoms with Crippen molar-refractivity contribution in [3.8, 4) is 5.75 Å². The molecule has 2 aromatic rings. The van der Waals surface area contributed by atoms with Crippen LogP contribution in [0.4, 0.5) is 4.79 Å². The average molecular weight is 418 g/mol. The first-order chi connectivity index (χ1) is 14.2. The predicted octanol–water partition coefficient (Wildman–Crippen LogP) is 1.36. The van der Waals surface area contributed by atoms with Crippen LogP contribution in [-0.4, -0.2) is 70.1 Å². The van der Waals surface area contributed by atoms with Crippen molar-refractivity contribution in [1.29, 1.82) is 0 Å². The highest BCUT2D eigenvalue weighted by Crippen LogP contribution is 2.17. The van der Waals surface area contributed by atoms with Crippen LogP contribution in [0.3, 0.4) is 0 Å². The molecule has 1 aliphatic rings. The smallest absolute Gasteiger partial charge is 0.407 e. The molecule has 0 aromatic carbocycles. The number of carbonyl (C=O) groups excluding carboxylic acids is 1. The molecule has 1 fully saturated rings. The number of likely N-dealkylation sites (tertiary alicyclic amines) is 1. The Morgan fingerprint density at radius 3 is 2.77 bits per heavy atom. The van der Waals surface area contributed by atoms with E-state index in [1.54, 1.807) is 50.8 Å². The van der Waals surface area contributed by atoms with E-state index in [-0.39, 0.29) is 11.6 Å². The van der Waals surface area contributed by atoms with E-state index >= 15 is 0 Å². The summed E-state index contributed by atoms with van der Waals surface area (Å²) in [5.41, 5.74) is 0.734. The third kappa shape index (κ3) is 5.48. The van der Waals surface area contributed by atoms with Crippen molar-refractivity contribution in [2.45, 2.75) is 51.5 Å². The first kappa shape index (κ1) is 22.0. The first-order valence-corrected chi connectivity index (χ1v) is 10.1. The zero-order chi connectivity index (χ0) is 21.9. The third-order valence-electron chi connectivity index (χ3n) is 5.06. The van der Waals surface area contributed by atoms with Crippen molar-refractivity contribution in [2.24, 2.45) is 0 Å². The van der Waals surface area contributed by atoms with Gasteiger partial charge >= 0.3 is 6.09 Å². The summed E-state index contributed by atoms with van der Waals surface area (Å²) in [6, 6.07) is 4.65. The van der Waals surface area contributed by atoms with Gasteiger partial charge in [0.05, 0.1) is 36.5 Å². The number of nitrogens with zero attached hydrogens (tertiary/aromatic N) is 3. The summed E-state index contributed by atoms with van der Waals surface area (Å²) in [6.07, 6.45) is 0.983. The number of β-amino-alcohol motifs (C(OH)–C–C–N with tert-alkyl or cyclic N) is 1. The lowest BCUT2D eigenvalue weighted by molar-refractivity contribution is 0.0194.